The predicted molar refractivity (Wildman–Crippen MR) is 106 cm³/mol. The summed E-state index contributed by atoms with van der Waals surface area (Å²) in [5.74, 6) is 1.04. The third-order valence-corrected chi connectivity index (χ3v) is 5.20. The van der Waals surface area contributed by atoms with Crippen LogP contribution in [0.2, 0.25) is 0 Å². The molecule has 0 radical (unpaired) electrons. The quantitative estimate of drug-likeness (QED) is 0.588. The van der Waals surface area contributed by atoms with Gasteiger partial charge in [0.15, 0.2) is 4.32 Å². The molecule has 0 bridgehead atoms. The minimum atomic E-state index is -0.151. The normalized spacial score (nSPS) is 15.8. The summed E-state index contributed by atoms with van der Waals surface area (Å²) in [6, 6.07) is 13.2. The second-order valence-corrected chi connectivity index (χ2v) is 7.09. The minimum absolute atomic E-state index is 0.151. The molecule has 1 saturated heterocycles. The summed E-state index contributed by atoms with van der Waals surface area (Å²) in [5.41, 5.74) is 2.72. The second kappa shape index (κ2) is 7.29. The monoisotopic (exact) mass is 371 g/mol. The first kappa shape index (κ1) is 17.5. The summed E-state index contributed by atoms with van der Waals surface area (Å²) in [5, 5.41) is 0. The molecule has 0 saturated carbocycles. The van der Waals surface area contributed by atoms with Crippen molar-refractivity contribution < 1.29 is 14.3 Å². The van der Waals surface area contributed by atoms with Crippen LogP contribution in [0.3, 0.4) is 0 Å². The topological polar surface area (TPSA) is 38.8 Å². The number of hydrogen-bond donors (Lipinski definition) is 0. The van der Waals surface area contributed by atoms with E-state index in [1.807, 2.05) is 37.3 Å². The Morgan fingerprint density at radius 3 is 2.56 bits per heavy atom. The van der Waals surface area contributed by atoms with Crippen molar-refractivity contribution in [1.29, 1.82) is 0 Å². The van der Waals surface area contributed by atoms with Crippen LogP contribution < -0.4 is 14.4 Å². The van der Waals surface area contributed by atoms with Gasteiger partial charge in [-0.25, -0.2) is 0 Å². The Balaban J connectivity index is 1.99. The Bertz CT molecular complexity index is 877. The van der Waals surface area contributed by atoms with Crippen LogP contribution in [0, 0.1) is 6.92 Å². The smallest absolute Gasteiger partial charge is 0.270 e. The van der Waals surface area contributed by atoms with Crippen molar-refractivity contribution in [3.05, 3.63) is 58.5 Å². The maximum absolute atomic E-state index is 12.9. The molecule has 1 aliphatic heterocycles. The van der Waals surface area contributed by atoms with Gasteiger partial charge in [0.25, 0.3) is 5.91 Å². The fourth-order valence-corrected chi connectivity index (χ4v) is 3.81. The van der Waals surface area contributed by atoms with Gasteiger partial charge in [-0.15, -0.1) is 0 Å². The summed E-state index contributed by atoms with van der Waals surface area (Å²) >= 11 is 6.73. The zero-order chi connectivity index (χ0) is 18.0. The molecule has 0 atom stereocenters. The highest BCUT2D eigenvalue weighted by Gasteiger charge is 2.35. The number of methoxy groups -OCH3 is 2. The van der Waals surface area contributed by atoms with Crippen molar-refractivity contribution in [3.63, 3.8) is 0 Å². The molecule has 128 valence electrons. The van der Waals surface area contributed by atoms with Crippen LogP contribution in [0.4, 0.5) is 5.69 Å². The molecule has 25 heavy (non-hydrogen) atoms. The average Bonchev–Trinajstić information content (AvgIpc) is 2.90. The van der Waals surface area contributed by atoms with Crippen molar-refractivity contribution in [3.8, 4) is 11.5 Å². The number of ether oxygens (including phenoxy) is 2. The van der Waals surface area contributed by atoms with Crippen molar-refractivity contribution in [2.45, 2.75) is 6.92 Å². The van der Waals surface area contributed by atoms with Gasteiger partial charge in [0.05, 0.1) is 24.8 Å². The highest BCUT2D eigenvalue weighted by molar-refractivity contribution is 8.27. The number of anilines is 1. The van der Waals surface area contributed by atoms with E-state index in [9.17, 15) is 4.79 Å². The molecule has 2 aromatic rings. The molecule has 0 aromatic heterocycles. The van der Waals surface area contributed by atoms with Gasteiger partial charge < -0.3 is 9.47 Å². The molecular weight excluding hydrogens is 354 g/mol. The fourth-order valence-electron chi connectivity index (χ4n) is 2.54. The van der Waals surface area contributed by atoms with Gasteiger partial charge in [-0.05, 0) is 36.3 Å². The molecule has 0 N–H and O–H groups in total. The number of hydrogen-bond acceptors (Lipinski definition) is 5. The van der Waals surface area contributed by atoms with Gasteiger partial charge in [0, 0.05) is 6.07 Å². The SMILES string of the molecule is COc1ccc(N2C(=O)C(=Cc3ccccc3C)SC2=S)c(OC)c1. The van der Waals surface area contributed by atoms with Crippen LogP contribution in [0.15, 0.2) is 47.4 Å². The Morgan fingerprint density at radius 1 is 1.12 bits per heavy atom. The van der Waals surface area contributed by atoms with Crippen LogP contribution in [0.5, 0.6) is 11.5 Å². The Morgan fingerprint density at radius 2 is 1.88 bits per heavy atom. The number of carbonyl (C=O) groups excluding carboxylic acids is 1. The number of amides is 1. The van der Waals surface area contributed by atoms with E-state index < -0.39 is 0 Å². The lowest BCUT2D eigenvalue weighted by Crippen LogP contribution is -2.27. The van der Waals surface area contributed by atoms with Gasteiger partial charge in [0.1, 0.15) is 11.5 Å². The first-order chi connectivity index (χ1) is 12.0. The molecular formula is C19H17NO3S2. The van der Waals surface area contributed by atoms with Gasteiger partial charge >= 0.3 is 0 Å². The molecule has 0 unspecified atom stereocenters. The molecule has 0 aliphatic carbocycles. The number of carbonyl (C=O) groups is 1. The predicted octanol–water partition coefficient (Wildman–Crippen LogP) is 4.42. The molecule has 4 nitrogen and oxygen atoms in total. The fraction of sp³-hybridized carbons (Fsp3) is 0.158. The van der Waals surface area contributed by atoms with Gasteiger partial charge in [-0.3, -0.25) is 9.69 Å². The number of thioether (sulfide) groups is 1. The first-order valence-electron chi connectivity index (χ1n) is 7.60. The van der Waals surface area contributed by atoms with E-state index in [4.69, 9.17) is 21.7 Å². The lowest BCUT2D eigenvalue weighted by molar-refractivity contribution is -0.113. The van der Waals surface area contributed by atoms with Crippen molar-refractivity contribution in [1.82, 2.24) is 0 Å². The lowest BCUT2D eigenvalue weighted by Gasteiger charge is -2.18. The van der Waals surface area contributed by atoms with E-state index in [2.05, 4.69) is 0 Å². The van der Waals surface area contributed by atoms with Crippen molar-refractivity contribution in [2.24, 2.45) is 0 Å². The van der Waals surface area contributed by atoms with Crippen molar-refractivity contribution in [2.75, 3.05) is 19.1 Å². The van der Waals surface area contributed by atoms with Crippen molar-refractivity contribution >= 4 is 46.0 Å². The molecule has 2 aromatic carbocycles. The van der Waals surface area contributed by atoms with Gasteiger partial charge in [0.2, 0.25) is 0 Å². The van der Waals surface area contributed by atoms with Crippen LogP contribution in [0.25, 0.3) is 6.08 Å². The van der Waals surface area contributed by atoms with Gasteiger partial charge in [-0.1, -0.05) is 48.2 Å². The number of rotatable bonds is 4. The van der Waals surface area contributed by atoms with Crippen LogP contribution in [-0.2, 0) is 4.79 Å². The number of thiocarbonyl (C=S) groups is 1. The lowest BCUT2D eigenvalue weighted by atomic mass is 10.1. The molecule has 1 amide bonds. The van der Waals surface area contributed by atoms with E-state index >= 15 is 0 Å². The summed E-state index contributed by atoms with van der Waals surface area (Å²) in [7, 11) is 3.14. The number of nitrogens with zero attached hydrogens (tertiary/aromatic N) is 1. The maximum Gasteiger partial charge on any atom is 0.270 e. The van der Waals surface area contributed by atoms with E-state index in [1.54, 1.807) is 32.4 Å². The van der Waals surface area contributed by atoms with E-state index in [-0.39, 0.29) is 5.91 Å². The highest BCUT2D eigenvalue weighted by atomic mass is 32.2. The highest BCUT2D eigenvalue weighted by Crippen LogP contribution is 2.41. The second-order valence-electron chi connectivity index (χ2n) is 5.41. The maximum atomic E-state index is 12.9. The largest absolute Gasteiger partial charge is 0.497 e. The molecule has 1 heterocycles. The molecule has 1 aliphatic rings. The zero-order valence-electron chi connectivity index (χ0n) is 14.1. The van der Waals surface area contributed by atoms with Crippen LogP contribution >= 0.6 is 24.0 Å². The Hall–Kier alpha value is -2.31. The molecule has 1 fully saturated rings. The average molecular weight is 371 g/mol. The summed E-state index contributed by atoms with van der Waals surface area (Å²) in [6.07, 6.45) is 1.88. The van der Waals surface area contributed by atoms with E-state index in [0.717, 1.165) is 11.1 Å². The van der Waals surface area contributed by atoms with E-state index in [0.29, 0.717) is 26.4 Å². The van der Waals surface area contributed by atoms with E-state index in [1.165, 1.54) is 16.7 Å². The van der Waals surface area contributed by atoms with Crippen LogP contribution in [0.1, 0.15) is 11.1 Å². The third-order valence-electron chi connectivity index (χ3n) is 3.90. The van der Waals surface area contributed by atoms with Gasteiger partial charge in [-0.2, -0.15) is 0 Å². The zero-order valence-corrected chi connectivity index (χ0v) is 15.7. The standard InChI is InChI=1S/C19H17NO3S2/c1-12-6-4-5-7-13(12)10-17-18(21)20(19(24)25-17)15-9-8-14(22-2)11-16(15)23-3/h4-11H,1-3H3. The summed E-state index contributed by atoms with van der Waals surface area (Å²) in [6.45, 7) is 2.01. The Labute approximate surface area is 156 Å². The van der Waals surface area contributed by atoms with Crippen LogP contribution in [-0.4, -0.2) is 24.4 Å². The first-order valence-corrected chi connectivity index (χ1v) is 8.83. The third kappa shape index (κ3) is 3.41. The number of aryl methyl sites for hydroxylation is 1. The summed E-state index contributed by atoms with van der Waals surface area (Å²) < 4.78 is 11.1. The molecule has 6 heteroatoms. The number of benzene rings is 2. The Kier molecular flexibility index (Phi) is 5.11. The molecule has 3 rings (SSSR count). The summed E-state index contributed by atoms with van der Waals surface area (Å²) in [4.78, 5) is 15.0. The minimum Gasteiger partial charge on any atom is -0.497 e. The molecule has 0 spiro atoms.